The smallest absolute Gasteiger partial charge is 0.344 e. The van der Waals surface area contributed by atoms with Crippen molar-refractivity contribution in [3.05, 3.63) is 82.6 Å². The van der Waals surface area contributed by atoms with Crippen molar-refractivity contribution in [3.63, 3.8) is 0 Å². The zero-order valence-electron chi connectivity index (χ0n) is 37.2. The van der Waals surface area contributed by atoms with Crippen molar-refractivity contribution in [1.29, 1.82) is 0 Å². The number of hydrogen-bond acceptors (Lipinski definition) is 11. The fourth-order valence-corrected chi connectivity index (χ4v) is 12.9. The van der Waals surface area contributed by atoms with Crippen LogP contribution in [0.15, 0.2) is 60.2 Å². The van der Waals surface area contributed by atoms with Gasteiger partial charge in [-0.2, -0.15) is 0 Å². The molecule has 9 rings (SSSR count). The molecule has 6 aliphatic rings. The average molecular weight is 796 g/mol. The van der Waals surface area contributed by atoms with Gasteiger partial charge in [-0.25, -0.2) is 4.79 Å². The summed E-state index contributed by atoms with van der Waals surface area (Å²) in [4.78, 5) is 53.3. The SMILES string of the molecule is [2H]C([2H])([2H])OC(=O)[C@]1(c2cc3c(cc2OC)N(C)C2[C@]34CCN3CC=C[C@](CC)([C@@H]34)[C@@H](OC(C)=O)[C@]2(O)C(=O)OC)C[C@@H]2C=C(CC)CN(CCc3c1[nH]c1ccccc31)C2. The van der Waals surface area contributed by atoms with Crippen molar-refractivity contribution >= 4 is 34.5 Å². The van der Waals surface area contributed by atoms with Crippen molar-refractivity contribution in [3.8, 4) is 5.75 Å². The third kappa shape index (κ3) is 4.94. The summed E-state index contributed by atoms with van der Waals surface area (Å²) in [6.45, 7) is 8.78. The number of methoxy groups -OCH3 is 3. The van der Waals surface area contributed by atoms with Crippen molar-refractivity contribution in [2.45, 2.75) is 87.5 Å². The Hall–Kier alpha value is -4.65. The van der Waals surface area contributed by atoms with Crippen LogP contribution >= 0.6 is 0 Å². The molecule has 2 N–H and O–H groups in total. The number of ether oxygens (including phenoxy) is 4. The van der Waals surface area contributed by atoms with Crippen LogP contribution in [-0.2, 0) is 45.8 Å². The van der Waals surface area contributed by atoms with Crippen LogP contribution in [0.2, 0.25) is 0 Å². The number of nitrogens with zero attached hydrogens (tertiary/aromatic N) is 3. The number of aliphatic hydroxyl groups is 1. The Kier molecular flexibility index (Phi) is 8.34. The highest BCUT2D eigenvalue weighted by molar-refractivity contribution is 5.95. The second-order valence-corrected chi connectivity index (χ2v) is 17.4. The van der Waals surface area contributed by atoms with Crippen LogP contribution < -0.4 is 9.64 Å². The second kappa shape index (κ2) is 13.7. The minimum Gasteiger partial charge on any atom is -0.496 e. The number of benzene rings is 2. The molecule has 1 saturated heterocycles. The number of carbonyl (C=O) groups is 3. The monoisotopic (exact) mass is 795 g/mol. The Morgan fingerprint density at radius 1 is 1.05 bits per heavy atom. The van der Waals surface area contributed by atoms with Crippen molar-refractivity contribution in [1.82, 2.24) is 14.8 Å². The summed E-state index contributed by atoms with van der Waals surface area (Å²) in [5.41, 5.74) is -0.782. The number of fused-ring (bicyclic) bond motifs is 6. The predicted molar refractivity (Wildman–Crippen MR) is 219 cm³/mol. The van der Waals surface area contributed by atoms with E-state index in [-0.39, 0.29) is 18.4 Å². The summed E-state index contributed by atoms with van der Waals surface area (Å²) in [6.07, 6.45) is 7.46. The van der Waals surface area contributed by atoms with Crippen molar-refractivity contribution in [2.24, 2.45) is 11.3 Å². The standard InChI is InChI=1S/C46H56N4O8/c1-8-28-21-29-24-45(41(52)56-6,37-31(15-19-49(25-28)26-29)30-13-10-11-14-34(30)47-37)33-22-32-35(23-36(33)55-5)48(4)39-44(32)17-20-50-18-12-16-43(9-2,38(44)50)40(58-27(3)51)46(39,54)42(53)57-7/h10-14,16,21-23,29,38-40,47,54H,8-9,15,17-20,24-26H2,1-7H3/t29-,38+,39?,40+,43+,44+,45-,46-/m0/s1/i6D3. The van der Waals surface area contributed by atoms with Gasteiger partial charge in [-0.3, -0.25) is 19.4 Å². The minimum absolute atomic E-state index is 0.168. The molecule has 2 bridgehead atoms. The number of nitrogens with one attached hydrogen (secondary N) is 1. The molecule has 12 heteroatoms. The van der Waals surface area contributed by atoms with Gasteiger partial charge < -0.3 is 33.9 Å². The largest absolute Gasteiger partial charge is 0.496 e. The van der Waals surface area contributed by atoms with Gasteiger partial charge in [0.05, 0.1) is 31.4 Å². The van der Waals surface area contributed by atoms with E-state index in [1.165, 1.54) is 26.7 Å². The molecule has 3 aromatic rings. The van der Waals surface area contributed by atoms with Crippen LogP contribution in [0.25, 0.3) is 10.9 Å². The molecule has 2 fully saturated rings. The van der Waals surface area contributed by atoms with E-state index in [9.17, 15) is 14.7 Å². The van der Waals surface area contributed by atoms with Gasteiger partial charge in [-0.05, 0) is 67.8 Å². The Bertz CT molecular complexity index is 2380. The lowest BCUT2D eigenvalue weighted by Crippen LogP contribution is -2.81. The molecule has 1 aliphatic carbocycles. The van der Waals surface area contributed by atoms with E-state index in [1.54, 1.807) is 0 Å². The van der Waals surface area contributed by atoms with E-state index < -0.39 is 58.9 Å². The van der Waals surface area contributed by atoms with Crippen LogP contribution in [0.3, 0.4) is 0 Å². The fraction of sp³-hybridized carbons (Fsp3) is 0.543. The van der Waals surface area contributed by atoms with E-state index in [0.717, 1.165) is 41.5 Å². The van der Waals surface area contributed by atoms with Gasteiger partial charge in [-0.15, -0.1) is 0 Å². The van der Waals surface area contributed by atoms with E-state index >= 15 is 4.79 Å². The highest BCUT2D eigenvalue weighted by Gasteiger charge is 2.80. The van der Waals surface area contributed by atoms with Gasteiger partial charge in [0.1, 0.15) is 11.2 Å². The summed E-state index contributed by atoms with van der Waals surface area (Å²) in [5, 5.41) is 14.3. The molecule has 12 nitrogen and oxygen atoms in total. The third-order valence-corrected chi connectivity index (χ3v) is 15.0. The molecule has 5 aliphatic heterocycles. The molecule has 58 heavy (non-hydrogen) atoms. The zero-order valence-corrected chi connectivity index (χ0v) is 34.2. The first kappa shape index (κ1) is 35.3. The number of H-pyrrole nitrogens is 1. The number of rotatable bonds is 7. The van der Waals surface area contributed by atoms with Crippen LogP contribution in [0.1, 0.15) is 73.0 Å². The first-order valence-corrected chi connectivity index (χ1v) is 20.6. The zero-order chi connectivity index (χ0) is 43.4. The molecule has 1 saturated carbocycles. The van der Waals surface area contributed by atoms with E-state index in [0.29, 0.717) is 61.6 Å². The molecular weight excluding hydrogens is 737 g/mol. The number of anilines is 1. The van der Waals surface area contributed by atoms with Gasteiger partial charge in [0.25, 0.3) is 0 Å². The molecule has 1 spiro atoms. The predicted octanol–water partition coefficient (Wildman–Crippen LogP) is 4.80. The number of aromatic amines is 1. The van der Waals surface area contributed by atoms with E-state index in [2.05, 4.69) is 27.8 Å². The first-order valence-electron chi connectivity index (χ1n) is 22.1. The highest BCUT2D eigenvalue weighted by Crippen LogP contribution is 2.68. The maximum atomic E-state index is 15.6. The van der Waals surface area contributed by atoms with Gasteiger partial charge in [0, 0.05) is 90.9 Å². The van der Waals surface area contributed by atoms with Gasteiger partial charge in [0.2, 0.25) is 5.60 Å². The lowest BCUT2D eigenvalue weighted by atomic mass is 9.47. The molecular formula is C46H56N4O8. The molecule has 0 radical (unpaired) electrons. The molecule has 2 aromatic carbocycles. The van der Waals surface area contributed by atoms with Crippen LogP contribution in [0, 0.1) is 11.3 Å². The second-order valence-electron chi connectivity index (χ2n) is 17.4. The number of hydrogen-bond donors (Lipinski definition) is 2. The number of esters is 3. The maximum Gasteiger partial charge on any atom is 0.344 e. The Morgan fingerprint density at radius 2 is 1.86 bits per heavy atom. The van der Waals surface area contributed by atoms with Crippen molar-refractivity contribution in [2.75, 3.05) is 65.9 Å². The van der Waals surface area contributed by atoms with Gasteiger partial charge in [-0.1, -0.05) is 55.8 Å². The van der Waals surface area contributed by atoms with Crippen LogP contribution in [-0.4, -0.2) is 123 Å². The summed E-state index contributed by atoms with van der Waals surface area (Å²) in [6, 6.07) is 10.3. The quantitative estimate of drug-likeness (QED) is 0.194. The van der Waals surface area contributed by atoms with Crippen LogP contribution in [0.5, 0.6) is 5.75 Å². The number of aromatic nitrogens is 1. The van der Waals surface area contributed by atoms with Crippen molar-refractivity contribution < 1.29 is 42.5 Å². The molecule has 308 valence electrons. The molecule has 1 aromatic heterocycles. The molecule has 9 atom stereocenters. The lowest BCUT2D eigenvalue weighted by molar-refractivity contribution is -0.228. The minimum atomic E-state index is -3.07. The van der Waals surface area contributed by atoms with E-state index in [4.69, 9.17) is 23.1 Å². The Morgan fingerprint density at radius 3 is 2.59 bits per heavy atom. The number of carbonyl (C=O) groups excluding carboxylic acids is 3. The third-order valence-electron chi connectivity index (χ3n) is 15.0. The highest BCUT2D eigenvalue weighted by atomic mass is 16.6. The molecule has 6 heterocycles. The summed E-state index contributed by atoms with van der Waals surface area (Å²) < 4.78 is 48.5. The lowest BCUT2D eigenvalue weighted by Gasteiger charge is -2.63. The number of likely N-dealkylation sites (N-methyl/N-ethyl adjacent to an activating group) is 1. The maximum absolute atomic E-state index is 15.6. The van der Waals surface area contributed by atoms with Gasteiger partial charge in [0.15, 0.2) is 6.10 Å². The van der Waals surface area contributed by atoms with Crippen LogP contribution in [0.4, 0.5) is 5.69 Å². The first-order chi connectivity index (χ1) is 29.0. The summed E-state index contributed by atoms with van der Waals surface area (Å²) in [5.74, 6) is -2.35. The topological polar surface area (TPSA) is 134 Å². The van der Waals surface area contributed by atoms with Gasteiger partial charge >= 0.3 is 17.9 Å². The van der Waals surface area contributed by atoms with E-state index in [1.807, 2.05) is 67.4 Å². The summed E-state index contributed by atoms with van der Waals surface area (Å²) >= 11 is 0. The average Bonchev–Trinajstić information content (AvgIpc) is 3.89. The fourth-order valence-electron chi connectivity index (χ4n) is 12.9. The number of para-hydroxylation sites is 1. The Balaban J connectivity index is 1.39. The Labute approximate surface area is 344 Å². The summed E-state index contributed by atoms with van der Waals surface area (Å²) in [7, 11) is 1.50. The molecule has 2 unspecified atom stereocenters. The molecule has 0 amide bonds. The normalized spacial score (nSPS) is 35.7.